The van der Waals surface area contributed by atoms with Crippen molar-refractivity contribution >= 4 is 0 Å². The molecule has 77 valence electrons. The quantitative estimate of drug-likeness (QED) is 0.539. The predicted molar refractivity (Wildman–Crippen MR) is 45.6 cm³/mol. The van der Waals surface area contributed by atoms with Gasteiger partial charge in [0.25, 0.3) is 0 Å². The van der Waals surface area contributed by atoms with Gasteiger partial charge in [0.2, 0.25) is 0 Å². The normalized spacial score (nSPS) is 10.3. The molecule has 0 heterocycles. The van der Waals surface area contributed by atoms with Crippen molar-refractivity contribution in [1.29, 1.82) is 0 Å². The Morgan fingerprint density at radius 2 is 2.00 bits per heavy atom. The van der Waals surface area contributed by atoms with Crippen LogP contribution in [0.3, 0.4) is 0 Å². The van der Waals surface area contributed by atoms with Crippen molar-refractivity contribution in [3.8, 4) is 5.75 Å². The standard InChI is InChI=1S/C10H10F3O/c1-2-3-4-14-10-6-8(12)7(11)5-9(10)13/h5H,2-4H2,1H3. The molecule has 0 saturated heterocycles. The number of ether oxygens (including phenoxy) is 1. The van der Waals surface area contributed by atoms with Crippen LogP contribution in [0.1, 0.15) is 19.8 Å². The summed E-state index contributed by atoms with van der Waals surface area (Å²) in [4.78, 5) is 0. The molecule has 0 fully saturated rings. The molecule has 0 aliphatic heterocycles. The average molecular weight is 203 g/mol. The molecule has 0 aromatic heterocycles. The summed E-state index contributed by atoms with van der Waals surface area (Å²) in [6, 6.07) is 2.32. The van der Waals surface area contributed by atoms with Crippen molar-refractivity contribution in [1.82, 2.24) is 0 Å². The van der Waals surface area contributed by atoms with Gasteiger partial charge in [-0.15, -0.1) is 0 Å². The highest BCUT2D eigenvalue weighted by Crippen LogP contribution is 2.19. The monoisotopic (exact) mass is 203 g/mol. The Hall–Kier alpha value is -1.19. The first kappa shape index (κ1) is 10.9. The molecule has 0 amide bonds. The van der Waals surface area contributed by atoms with Gasteiger partial charge in [-0.05, 0) is 6.42 Å². The zero-order valence-corrected chi connectivity index (χ0v) is 7.74. The lowest BCUT2D eigenvalue weighted by Crippen LogP contribution is -2.00. The molecule has 0 saturated carbocycles. The third-order valence-electron chi connectivity index (χ3n) is 1.65. The zero-order valence-electron chi connectivity index (χ0n) is 7.74. The highest BCUT2D eigenvalue weighted by Gasteiger charge is 2.10. The molecule has 0 aliphatic carbocycles. The summed E-state index contributed by atoms with van der Waals surface area (Å²) in [6.45, 7) is 2.21. The second-order valence-corrected chi connectivity index (χ2v) is 2.81. The summed E-state index contributed by atoms with van der Waals surface area (Å²) in [5.41, 5.74) is 0. The van der Waals surface area contributed by atoms with Crippen LogP contribution in [0.2, 0.25) is 0 Å². The van der Waals surface area contributed by atoms with Gasteiger partial charge in [-0.1, -0.05) is 13.3 Å². The SMILES string of the molecule is CCCCOc1[c]c(F)c(F)cc1F. The van der Waals surface area contributed by atoms with Gasteiger partial charge in [0.1, 0.15) is 0 Å². The van der Waals surface area contributed by atoms with Crippen LogP contribution < -0.4 is 4.74 Å². The van der Waals surface area contributed by atoms with Gasteiger partial charge in [-0.3, -0.25) is 0 Å². The fourth-order valence-electron chi connectivity index (χ4n) is 0.883. The van der Waals surface area contributed by atoms with E-state index in [1.807, 2.05) is 13.0 Å². The first-order valence-electron chi connectivity index (χ1n) is 4.34. The molecule has 0 aliphatic rings. The Balaban J connectivity index is 2.72. The van der Waals surface area contributed by atoms with Crippen LogP contribution in [0.25, 0.3) is 0 Å². The Kier molecular flexibility index (Phi) is 3.80. The van der Waals surface area contributed by atoms with E-state index in [1.54, 1.807) is 0 Å². The first-order chi connectivity index (χ1) is 6.65. The van der Waals surface area contributed by atoms with Crippen molar-refractivity contribution in [2.75, 3.05) is 6.61 Å². The highest BCUT2D eigenvalue weighted by molar-refractivity contribution is 5.24. The molecular formula is C10H10F3O. The maximum atomic E-state index is 12.9. The maximum Gasteiger partial charge on any atom is 0.170 e. The van der Waals surface area contributed by atoms with Crippen molar-refractivity contribution in [3.05, 3.63) is 29.6 Å². The number of hydrogen-bond acceptors (Lipinski definition) is 1. The lowest BCUT2D eigenvalue weighted by atomic mass is 10.3. The number of rotatable bonds is 4. The number of benzene rings is 1. The summed E-state index contributed by atoms with van der Waals surface area (Å²) in [7, 11) is 0. The zero-order chi connectivity index (χ0) is 10.6. The molecular weight excluding hydrogens is 193 g/mol. The first-order valence-corrected chi connectivity index (χ1v) is 4.34. The molecule has 1 radical (unpaired) electrons. The Morgan fingerprint density at radius 3 is 2.64 bits per heavy atom. The van der Waals surface area contributed by atoms with Crippen molar-refractivity contribution in [2.45, 2.75) is 19.8 Å². The minimum atomic E-state index is -1.26. The largest absolute Gasteiger partial charge is 0.490 e. The highest BCUT2D eigenvalue weighted by atomic mass is 19.2. The molecule has 1 rings (SSSR count). The molecule has 14 heavy (non-hydrogen) atoms. The van der Waals surface area contributed by atoms with Gasteiger partial charge in [0.15, 0.2) is 23.2 Å². The van der Waals surface area contributed by atoms with Gasteiger partial charge in [0, 0.05) is 6.07 Å². The fourth-order valence-corrected chi connectivity index (χ4v) is 0.883. The van der Waals surface area contributed by atoms with Gasteiger partial charge in [0.05, 0.1) is 12.7 Å². The summed E-state index contributed by atoms with van der Waals surface area (Å²) in [6.07, 6.45) is 1.61. The van der Waals surface area contributed by atoms with E-state index in [-0.39, 0.29) is 12.4 Å². The van der Waals surface area contributed by atoms with Gasteiger partial charge in [-0.25, -0.2) is 13.2 Å². The lowest BCUT2D eigenvalue weighted by molar-refractivity contribution is 0.289. The molecule has 1 aromatic carbocycles. The third kappa shape index (κ3) is 2.65. The Morgan fingerprint density at radius 1 is 1.29 bits per heavy atom. The van der Waals surface area contributed by atoms with E-state index < -0.39 is 17.5 Å². The minimum Gasteiger partial charge on any atom is -0.490 e. The molecule has 1 nitrogen and oxygen atoms in total. The second-order valence-electron chi connectivity index (χ2n) is 2.81. The van der Waals surface area contributed by atoms with Crippen molar-refractivity contribution in [3.63, 3.8) is 0 Å². The average Bonchev–Trinajstić information content (AvgIpc) is 2.14. The molecule has 0 bridgehead atoms. The summed E-state index contributed by atoms with van der Waals surface area (Å²) < 4.78 is 42.8. The summed E-state index contributed by atoms with van der Waals surface area (Å²) in [5.74, 6) is -3.78. The van der Waals surface area contributed by atoms with Crippen LogP contribution in [0, 0.1) is 23.5 Å². The van der Waals surface area contributed by atoms with Crippen LogP contribution >= 0.6 is 0 Å². The second kappa shape index (κ2) is 4.88. The molecule has 0 unspecified atom stereocenters. The van der Waals surface area contributed by atoms with E-state index in [2.05, 4.69) is 0 Å². The third-order valence-corrected chi connectivity index (χ3v) is 1.65. The van der Waals surface area contributed by atoms with Gasteiger partial charge >= 0.3 is 0 Å². The molecule has 0 atom stereocenters. The van der Waals surface area contributed by atoms with E-state index in [1.165, 1.54) is 0 Å². The van der Waals surface area contributed by atoms with Crippen LogP contribution in [-0.2, 0) is 0 Å². The minimum absolute atomic E-state index is 0.273. The van der Waals surface area contributed by atoms with E-state index >= 15 is 0 Å². The van der Waals surface area contributed by atoms with Crippen LogP contribution in [0.15, 0.2) is 6.07 Å². The predicted octanol–water partition coefficient (Wildman–Crippen LogP) is 3.08. The van der Waals surface area contributed by atoms with E-state index in [0.29, 0.717) is 6.07 Å². The molecule has 0 spiro atoms. The molecule has 1 aromatic rings. The van der Waals surface area contributed by atoms with Crippen LogP contribution in [0.4, 0.5) is 13.2 Å². The van der Waals surface area contributed by atoms with Gasteiger partial charge in [-0.2, -0.15) is 0 Å². The molecule has 4 heteroatoms. The van der Waals surface area contributed by atoms with E-state index in [0.717, 1.165) is 12.8 Å². The van der Waals surface area contributed by atoms with Crippen LogP contribution in [-0.4, -0.2) is 6.61 Å². The number of unbranched alkanes of at least 4 members (excludes halogenated alkanes) is 1. The summed E-state index contributed by atoms with van der Waals surface area (Å²) >= 11 is 0. The Labute approximate surface area is 80.5 Å². The van der Waals surface area contributed by atoms with E-state index in [4.69, 9.17) is 4.74 Å². The number of hydrogen-bond donors (Lipinski definition) is 0. The fraction of sp³-hybridized carbons (Fsp3) is 0.400. The van der Waals surface area contributed by atoms with E-state index in [9.17, 15) is 13.2 Å². The smallest absolute Gasteiger partial charge is 0.170 e. The lowest BCUT2D eigenvalue weighted by Gasteiger charge is -2.05. The maximum absolute atomic E-state index is 12.9. The van der Waals surface area contributed by atoms with Crippen molar-refractivity contribution < 1.29 is 17.9 Å². The molecule has 0 N–H and O–H groups in total. The van der Waals surface area contributed by atoms with Crippen molar-refractivity contribution in [2.24, 2.45) is 0 Å². The Bertz CT molecular complexity index is 312. The topological polar surface area (TPSA) is 9.23 Å². The number of halogens is 3. The van der Waals surface area contributed by atoms with Gasteiger partial charge < -0.3 is 4.74 Å². The van der Waals surface area contributed by atoms with Crippen LogP contribution in [0.5, 0.6) is 5.75 Å². The summed E-state index contributed by atoms with van der Waals surface area (Å²) in [5, 5.41) is 0.